The third kappa shape index (κ3) is 3.09. The van der Waals surface area contributed by atoms with Crippen molar-refractivity contribution in [3.05, 3.63) is 64.2 Å². The quantitative estimate of drug-likeness (QED) is 0.926. The molecule has 1 heterocycles. The third-order valence-electron chi connectivity index (χ3n) is 4.81. The van der Waals surface area contributed by atoms with Crippen molar-refractivity contribution in [1.29, 1.82) is 0 Å². The third-order valence-corrected chi connectivity index (χ3v) is 4.81. The molecule has 1 unspecified atom stereocenters. The molecule has 23 heavy (non-hydrogen) atoms. The monoisotopic (exact) mass is 309 g/mol. The van der Waals surface area contributed by atoms with Gasteiger partial charge >= 0.3 is 5.97 Å². The molecule has 0 saturated heterocycles. The van der Waals surface area contributed by atoms with Gasteiger partial charge in [-0.1, -0.05) is 37.3 Å². The van der Waals surface area contributed by atoms with Gasteiger partial charge in [0.1, 0.15) is 0 Å². The zero-order valence-electron chi connectivity index (χ0n) is 14.0. The SMILES string of the molecule is Cc1cccc(C)c1CN1CC(C)c2ccc(CC(=O)O)cc21. The maximum absolute atomic E-state index is 11.0. The molecule has 2 aromatic rings. The summed E-state index contributed by atoms with van der Waals surface area (Å²) >= 11 is 0. The molecule has 0 saturated carbocycles. The molecule has 1 aliphatic rings. The van der Waals surface area contributed by atoms with E-state index < -0.39 is 5.97 Å². The Morgan fingerprint density at radius 1 is 1.22 bits per heavy atom. The minimum absolute atomic E-state index is 0.0822. The Bertz CT molecular complexity index is 731. The van der Waals surface area contributed by atoms with Crippen LogP contribution in [0.4, 0.5) is 5.69 Å². The molecule has 120 valence electrons. The van der Waals surface area contributed by atoms with Crippen molar-refractivity contribution in [2.75, 3.05) is 11.4 Å². The van der Waals surface area contributed by atoms with E-state index in [1.165, 1.54) is 27.9 Å². The van der Waals surface area contributed by atoms with Crippen LogP contribution in [0.2, 0.25) is 0 Å². The van der Waals surface area contributed by atoms with E-state index in [0.717, 1.165) is 18.7 Å². The number of anilines is 1. The first kappa shape index (κ1) is 15.6. The maximum Gasteiger partial charge on any atom is 0.307 e. The lowest BCUT2D eigenvalue weighted by atomic mass is 10.0. The second-order valence-corrected chi connectivity index (χ2v) is 6.62. The van der Waals surface area contributed by atoms with Crippen LogP contribution >= 0.6 is 0 Å². The number of aliphatic carboxylic acids is 1. The van der Waals surface area contributed by atoms with Gasteiger partial charge in [0.05, 0.1) is 6.42 Å². The Kier molecular flexibility index (Phi) is 4.12. The first-order chi connectivity index (χ1) is 11.0. The van der Waals surface area contributed by atoms with Crippen LogP contribution in [0.3, 0.4) is 0 Å². The van der Waals surface area contributed by atoms with Gasteiger partial charge in [0.2, 0.25) is 0 Å². The lowest BCUT2D eigenvalue weighted by Crippen LogP contribution is -2.22. The lowest BCUT2D eigenvalue weighted by molar-refractivity contribution is -0.136. The van der Waals surface area contributed by atoms with Crippen molar-refractivity contribution in [1.82, 2.24) is 0 Å². The van der Waals surface area contributed by atoms with E-state index >= 15 is 0 Å². The number of carboxylic acid groups (broad SMARTS) is 1. The van der Waals surface area contributed by atoms with Crippen LogP contribution in [0, 0.1) is 13.8 Å². The number of fused-ring (bicyclic) bond motifs is 1. The fraction of sp³-hybridized carbons (Fsp3) is 0.350. The van der Waals surface area contributed by atoms with Crippen LogP contribution in [0.15, 0.2) is 36.4 Å². The summed E-state index contributed by atoms with van der Waals surface area (Å²) in [5.41, 5.74) is 7.39. The van der Waals surface area contributed by atoms with Crippen molar-refractivity contribution in [2.24, 2.45) is 0 Å². The number of benzene rings is 2. The molecule has 1 N–H and O–H groups in total. The molecular weight excluding hydrogens is 286 g/mol. The van der Waals surface area contributed by atoms with Gasteiger partial charge in [0.15, 0.2) is 0 Å². The Balaban J connectivity index is 1.93. The highest BCUT2D eigenvalue weighted by Crippen LogP contribution is 2.38. The first-order valence-electron chi connectivity index (χ1n) is 8.10. The average Bonchev–Trinajstić information content (AvgIpc) is 2.78. The molecule has 0 fully saturated rings. The molecule has 1 aliphatic heterocycles. The summed E-state index contributed by atoms with van der Waals surface area (Å²) in [6.07, 6.45) is 0.0822. The molecule has 0 spiro atoms. The van der Waals surface area contributed by atoms with Crippen molar-refractivity contribution in [2.45, 2.75) is 39.7 Å². The number of hydrogen-bond donors (Lipinski definition) is 1. The molecule has 3 rings (SSSR count). The molecule has 0 aliphatic carbocycles. The highest BCUT2D eigenvalue weighted by Gasteiger charge is 2.26. The lowest BCUT2D eigenvalue weighted by Gasteiger charge is -2.22. The fourth-order valence-corrected chi connectivity index (χ4v) is 3.53. The molecule has 1 atom stereocenters. The number of aryl methyl sites for hydroxylation is 2. The fourth-order valence-electron chi connectivity index (χ4n) is 3.53. The van der Waals surface area contributed by atoms with Crippen molar-refractivity contribution < 1.29 is 9.90 Å². The number of carbonyl (C=O) groups is 1. The number of rotatable bonds is 4. The van der Waals surface area contributed by atoms with Crippen LogP contribution in [0.5, 0.6) is 0 Å². The molecule has 3 heteroatoms. The molecule has 0 radical (unpaired) electrons. The Labute approximate surface area is 137 Å². The zero-order chi connectivity index (χ0) is 16.6. The van der Waals surface area contributed by atoms with E-state index in [4.69, 9.17) is 5.11 Å². The number of nitrogens with zero attached hydrogens (tertiary/aromatic N) is 1. The number of hydrogen-bond acceptors (Lipinski definition) is 2. The van der Waals surface area contributed by atoms with Gasteiger partial charge < -0.3 is 10.0 Å². The summed E-state index contributed by atoms with van der Waals surface area (Å²) < 4.78 is 0. The Hall–Kier alpha value is -2.29. The Morgan fingerprint density at radius 3 is 2.57 bits per heavy atom. The van der Waals surface area contributed by atoms with Crippen LogP contribution < -0.4 is 4.90 Å². The van der Waals surface area contributed by atoms with Crippen LogP contribution in [-0.2, 0) is 17.8 Å². The minimum atomic E-state index is -0.780. The second kappa shape index (κ2) is 6.07. The van der Waals surface area contributed by atoms with E-state index in [9.17, 15) is 4.79 Å². The molecule has 2 aromatic carbocycles. The summed E-state index contributed by atoms with van der Waals surface area (Å²) in [4.78, 5) is 13.4. The smallest absolute Gasteiger partial charge is 0.307 e. The van der Waals surface area contributed by atoms with E-state index in [1.807, 2.05) is 6.07 Å². The van der Waals surface area contributed by atoms with E-state index in [-0.39, 0.29) is 6.42 Å². The summed E-state index contributed by atoms with van der Waals surface area (Å²) in [5.74, 6) is -0.300. The van der Waals surface area contributed by atoms with E-state index in [2.05, 4.69) is 56.0 Å². The van der Waals surface area contributed by atoms with Crippen LogP contribution in [0.25, 0.3) is 0 Å². The summed E-state index contributed by atoms with van der Waals surface area (Å²) in [6, 6.07) is 12.5. The highest BCUT2D eigenvalue weighted by atomic mass is 16.4. The topological polar surface area (TPSA) is 40.5 Å². The van der Waals surface area contributed by atoms with Crippen LogP contribution in [-0.4, -0.2) is 17.6 Å². The van der Waals surface area contributed by atoms with Gasteiger partial charge in [0, 0.05) is 24.7 Å². The summed E-state index contributed by atoms with van der Waals surface area (Å²) in [7, 11) is 0. The van der Waals surface area contributed by atoms with E-state index in [1.54, 1.807) is 0 Å². The molecule has 0 aromatic heterocycles. The summed E-state index contributed by atoms with van der Waals surface area (Å²) in [5, 5.41) is 9.03. The molecule has 0 bridgehead atoms. The van der Waals surface area contributed by atoms with Gasteiger partial charge in [-0.2, -0.15) is 0 Å². The van der Waals surface area contributed by atoms with E-state index in [0.29, 0.717) is 5.92 Å². The molecule has 3 nitrogen and oxygen atoms in total. The van der Waals surface area contributed by atoms with Gasteiger partial charge in [0.25, 0.3) is 0 Å². The van der Waals surface area contributed by atoms with Gasteiger partial charge in [-0.05, 0) is 47.7 Å². The maximum atomic E-state index is 11.0. The zero-order valence-corrected chi connectivity index (χ0v) is 14.0. The molecular formula is C20H23NO2. The highest BCUT2D eigenvalue weighted by molar-refractivity contribution is 5.72. The number of carboxylic acids is 1. The predicted octanol–water partition coefficient (Wildman–Crippen LogP) is 4.05. The standard InChI is InChI=1S/C20H23NO2/c1-13-5-4-6-14(2)18(13)12-21-11-15(3)17-8-7-16(9-19(17)21)10-20(22)23/h4-9,15H,10-12H2,1-3H3,(H,22,23). The van der Waals surface area contributed by atoms with Gasteiger partial charge in [-0.3, -0.25) is 4.79 Å². The second-order valence-electron chi connectivity index (χ2n) is 6.62. The van der Waals surface area contributed by atoms with Gasteiger partial charge in [-0.25, -0.2) is 0 Å². The first-order valence-corrected chi connectivity index (χ1v) is 8.10. The van der Waals surface area contributed by atoms with Crippen molar-refractivity contribution in [3.63, 3.8) is 0 Å². The van der Waals surface area contributed by atoms with Crippen LogP contribution in [0.1, 0.15) is 40.7 Å². The van der Waals surface area contributed by atoms with Crippen molar-refractivity contribution in [3.8, 4) is 0 Å². The largest absolute Gasteiger partial charge is 0.481 e. The predicted molar refractivity (Wildman–Crippen MR) is 93.2 cm³/mol. The molecule has 0 amide bonds. The van der Waals surface area contributed by atoms with Crippen molar-refractivity contribution >= 4 is 11.7 Å². The Morgan fingerprint density at radius 2 is 1.91 bits per heavy atom. The average molecular weight is 309 g/mol. The van der Waals surface area contributed by atoms with Gasteiger partial charge in [-0.15, -0.1) is 0 Å². The summed E-state index contributed by atoms with van der Waals surface area (Å²) in [6.45, 7) is 8.42. The normalized spacial score (nSPS) is 16.5. The minimum Gasteiger partial charge on any atom is -0.481 e.